The zero-order chi connectivity index (χ0) is 13.8. The summed E-state index contributed by atoms with van der Waals surface area (Å²) in [4.78, 5) is 10.5. The van der Waals surface area contributed by atoms with Crippen LogP contribution in [0.4, 0.5) is 0 Å². The van der Waals surface area contributed by atoms with Crippen LogP contribution in [0, 0.1) is 5.92 Å². The summed E-state index contributed by atoms with van der Waals surface area (Å²) in [5, 5.41) is 8.66. The van der Waals surface area contributed by atoms with E-state index < -0.39 is 5.97 Å². The van der Waals surface area contributed by atoms with Gasteiger partial charge in [0, 0.05) is 6.42 Å². The summed E-state index contributed by atoms with van der Waals surface area (Å²) >= 11 is 0. The molecule has 0 aromatic carbocycles. The first-order valence-corrected chi connectivity index (χ1v) is 8.51. The van der Waals surface area contributed by atoms with E-state index in [0.717, 1.165) is 18.8 Å². The number of rotatable bonds is 5. The van der Waals surface area contributed by atoms with E-state index in [2.05, 4.69) is 0 Å². The van der Waals surface area contributed by atoms with Crippen molar-refractivity contribution in [1.82, 2.24) is 0 Å². The van der Waals surface area contributed by atoms with Gasteiger partial charge in [-0.1, -0.05) is 83.5 Å². The Morgan fingerprint density at radius 2 is 1.26 bits per heavy atom. The molecule has 0 aliphatic heterocycles. The van der Waals surface area contributed by atoms with Crippen LogP contribution in [-0.4, -0.2) is 11.1 Å². The number of unbranched alkanes of at least 4 members (excludes halogenated alkanes) is 1. The molecule has 1 rings (SSSR count). The van der Waals surface area contributed by atoms with Crippen LogP contribution in [0.25, 0.3) is 0 Å². The Morgan fingerprint density at radius 1 is 0.789 bits per heavy atom. The number of carboxylic acid groups (broad SMARTS) is 1. The van der Waals surface area contributed by atoms with Gasteiger partial charge in [0.15, 0.2) is 0 Å². The molecule has 1 aliphatic rings. The van der Waals surface area contributed by atoms with Gasteiger partial charge < -0.3 is 5.11 Å². The van der Waals surface area contributed by atoms with Gasteiger partial charge in [-0.3, -0.25) is 4.79 Å². The third-order valence-electron chi connectivity index (χ3n) is 4.48. The molecule has 1 saturated carbocycles. The van der Waals surface area contributed by atoms with Crippen molar-refractivity contribution in [1.29, 1.82) is 0 Å². The van der Waals surface area contributed by atoms with E-state index in [1.807, 2.05) is 0 Å². The van der Waals surface area contributed by atoms with Crippen LogP contribution in [0.3, 0.4) is 0 Å². The van der Waals surface area contributed by atoms with Gasteiger partial charge in [0.25, 0.3) is 0 Å². The molecule has 0 bridgehead atoms. The third kappa shape index (κ3) is 9.98. The molecule has 19 heavy (non-hydrogen) atoms. The SMILES string of the molecule is O=C(O)CCCCC1CCCCCCCCCCC1. The smallest absolute Gasteiger partial charge is 0.303 e. The van der Waals surface area contributed by atoms with Crippen molar-refractivity contribution in [2.75, 3.05) is 0 Å². The van der Waals surface area contributed by atoms with E-state index in [9.17, 15) is 4.79 Å². The molecule has 0 aromatic heterocycles. The lowest BCUT2D eigenvalue weighted by atomic mass is 9.89. The molecule has 0 radical (unpaired) electrons. The Bertz CT molecular complexity index is 213. The van der Waals surface area contributed by atoms with Gasteiger partial charge in [-0.25, -0.2) is 0 Å². The first kappa shape index (κ1) is 16.5. The van der Waals surface area contributed by atoms with Crippen molar-refractivity contribution >= 4 is 5.97 Å². The Hall–Kier alpha value is -0.530. The van der Waals surface area contributed by atoms with E-state index in [-0.39, 0.29) is 0 Å². The number of hydrogen-bond donors (Lipinski definition) is 1. The minimum atomic E-state index is -0.640. The summed E-state index contributed by atoms with van der Waals surface area (Å²) in [7, 11) is 0. The molecule has 1 N–H and O–H groups in total. The maximum absolute atomic E-state index is 10.5. The Kier molecular flexibility index (Phi) is 9.84. The van der Waals surface area contributed by atoms with Crippen LogP contribution in [0.15, 0.2) is 0 Å². The first-order valence-electron chi connectivity index (χ1n) is 8.51. The molecular formula is C17H32O2. The molecule has 0 atom stereocenters. The van der Waals surface area contributed by atoms with Gasteiger partial charge in [0.05, 0.1) is 0 Å². The Balaban J connectivity index is 2.16. The molecule has 112 valence electrons. The van der Waals surface area contributed by atoms with E-state index in [0.29, 0.717) is 6.42 Å². The first-order chi connectivity index (χ1) is 9.29. The summed E-state index contributed by atoms with van der Waals surface area (Å²) in [6, 6.07) is 0. The maximum atomic E-state index is 10.5. The highest BCUT2D eigenvalue weighted by atomic mass is 16.4. The van der Waals surface area contributed by atoms with Crippen LogP contribution < -0.4 is 0 Å². The van der Waals surface area contributed by atoms with Crippen LogP contribution in [0.1, 0.15) is 96.3 Å². The van der Waals surface area contributed by atoms with Gasteiger partial charge in [0.2, 0.25) is 0 Å². The summed E-state index contributed by atoms with van der Waals surface area (Å²) in [6.07, 6.45) is 19.1. The normalized spacial score (nSPS) is 20.4. The molecule has 0 unspecified atom stereocenters. The van der Waals surface area contributed by atoms with Gasteiger partial charge >= 0.3 is 5.97 Å². The molecule has 2 nitrogen and oxygen atoms in total. The number of carboxylic acids is 1. The minimum absolute atomic E-state index is 0.354. The molecule has 0 saturated heterocycles. The summed E-state index contributed by atoms with van der Waals surface area (Å²) < 4.78 is 0. The highest BCUT2D eigenvalue weighted by molar-refractivity contribution is 5.66. The highest BCUT2D eigenvalue weighted by Gasteiger charge is 2.09. The van der Waals surface area contributed by atoms with Gasteiger partial charge in [-0.15, -0.1) is 0 Å². The second-order valence-electron chi connectivity index (χ2n) is 6.26. The predicted octanol–water partition coefficient (Wildman–Crippen LogP) is 5.55. The molecule has 0 aromatic rings. The Morgan fingerprint density at radius 3 is 1.74 bits per heavy atom. The second-order valence-corrected chi connectivity index (χ2v) is 6.26. The van der Waals surface area contributed by atoms with Crippen molar-refractivity contribution in [2.45, 2.75) is 96.3 Å². The minimum Gasteiger partial charge on any atom is -0.481 e. The molecule has 2 heteroatoms. The van der Waals surface area contributed by atoms with Crippen LogP contribution in [0.2, 0.25) is 0 Å². The molecule has 0 amide bonds. The van der Waals surface area contributed by atoms with Crippen molar-refractivity contribution in [3.8, 4) is 0 Å². The zero-order valence-corrected chi connectivity index (χ0v) is 12.5. The zero-order valence-electron chi connectivity index (χ0n) is 12.5. The molecular weight excluding hydrogens is 236 g/mol. The molecule has 0 heterocycles. The predicted molar refractivity (Wildman–Crippen MR) is 80.4 cm³/mol. The van der Waals surface area contributed by atoms with Crippen LogP contribution in [-0.2, 0) is 4.79 Å². The van der Waals surface area contributed by atoms with E-state index in [4.69, 9.17) is 5.11 Å². The van der Waals surface area contributed by atoms with Crippen molar-refractivity contribution in [3.05, 3.63) is 0 Å². The highest BCUT2D eigenvalue weighted by Crippen LogP contribution is 2.25. The fourth-order valence-electron chi connectivity index (χ4n) is 3.25. The number of hydrogen-bond acceptors (Lipinski definition) is 1. The largest absolute Gasteiger partial charge is 0.481 e. The number of carbonyl (C=O) groups is 1. The average Bonchev–Trinajstić information content (AvgIpc) is 2.36. The van der Waals surface area contributed by atoms with E-state index in [1.165, 1.54) is 77.0 Å². The lowest BCUT2D eigenvalue weighted by Gasteiger charge is -2.17. The van der Waals surface area contributed by atoms with Crippen molar-refractivity contribution < 1.29 is 9.90 Å². The molecule has 1 aliphatic carbocycles. The topological polar surface area (TPSA) is 37.3 Å². The summed E-state index contributed by atoms with van der Waals surface area (Å²) in [5.41, 5.74) is 0. The van der Waals surface area contributed by atoms with Crippen LogP contribution in [0.5, 0.6) is 0 Å². The van der Waals surface area contributed by atoms with Crippen molar-refractivity contribution in [3.63, 3.8) is 0 Å². The quantitative estimate of drug-likeness (QED) is 0.663. The van der Waals surface area contributed by atoms with Gasteiger partial charge in [-0.2, -0.15) is 0 Å². The van der Waals surface area contributed by atoms with Gasteiger partial charge in [-0.05, 0) is 12.3 Å². The molecule has 0 spiro atoms. The summed E-state index contributed by atoms with van der Waals surface area (Å²) in [6.45, 7) is 0. The fraction of sp³-hybridized carbons (Fsp3) is 0.941. The van der Waals surface area contributed by atoms with E-state index in [1.54, 1.807) is 0 Å². The Labute approximate surface area is 119 Å². The monoisotopic (exact) mass is 268 g/mol. The summed E-state index contributed by atoms with van der Waals surface area (Å²) in [5.74, 6) is 0.229. The lowest BCUT2D eigenvalue weighted by Crippen LogP contribution is -2.03. The molecule has 1 fully saturated rings. The average molecular weight is 268 g/mol. The fourth-order valence-corrected chi connectivity index (χ4v) is 3.25. The van der Waals surface area contributed by atoms with Crippen molar-refractivity contribution in [2.24, 2.45) is 5.92 Å². The van der Waals surface area contributed by atoms with E-state index >= 15 is 0 Å². The van der Waals surface area contributed by atoms with Gasteiger partial charge in [0.1, 0.15) is 0 Å². The second kappa shape index (κ2) is 11.3. The van der Waals surface area contributed by atoms with Crippen LogP contribution >= 0.6 is 0 Å². The standard InChI is InChI=1S/C17H32O2/c18-17(19)15-11-10-14-16-12-8-6-4-2-1-3-5-7-9-13-16/h16H,1-15H2,(H,18,19). The lowest BCUT2D eigenvalue weighted by molar-refractivity contribution is -0.137. The third-order valence-corrected chi connectivity index (χ3v) is 4.48. The number of aliphatic carboxylic acids is 1. The maximum Gasteiger partial charge on any atom is 0.303 e.